The molecule has 2 N–H and O–H groups in total. The monoisotopic (exact) mass is 499 g/mol. The molecule has 0 saturated heterocycles. The summed E-state index contributed by atoms with van der Waals surface area (Å²) in [6.45, 7) is 2.06. The van der Waals surface area contributed by atoms with Gasteiger partial charge >= 0.3 is 0 Å². The summed E-state index contributed by atoms with van der Waals surface area (Å²) in [5.41, 5.74) is 1.38. The van der Waals surface area contributed by atoms with Gasteiger partial charge in [0.15, 0.2) is 5.13 Å². The molecule has 0 aliphatic heterocycles. The van der Waals surface area contributed by atoms with Gasteiger partial charge in [0.25, 0.3) is 5.91 Å². The minimum Gasteiger partial charge on any atom is -0.495 e. The molecule has 0 bridgehead atoms. The number of rotatable bonds is 8. The summed E-state index contributed by atoms with van der Waals surface area (Å²) in [4.78, 5) is 18.2. The zero-order valence-corrected chi connectivity index (χ0v) is 20.9. The highest BCUT2D eigenvalue weighted by atomic mass is 32.2. The van der Waals surface area contributed by atoms with Crippen molar-refractivity contribution in [2.75, 3.05) is 12.4 Å². The van der Waals surface area contributed by atoms with E-state index in [0.717, 1.165) is 42.5 Å². The molecule has 1 heterocycles. The first-order valence-electron chi connectivity index (χ1n) is 11.4. The van der Waals surface area contributed by atoms with Crippen LogP contribution < -0.4 is 14.8 Å². The van der Waals surface area contributed by atoms with Crippen molar-refractivity contribution in [1.82, 2.24) is 9.71 Å². The molecule has 1 aromatic heterocycles. The van der Waals surface area contributed by atoms with E-state index >= 15 is 0 Å². The molecular formula is C25H29N3O4S2. The zero-order valence-electron chi connectivity index (χ0n) is 19.3. The van der Waals surface area contributed by atoms with Crippen LogP contribution >= 0.6 is 11.3 Å². The Kier molecular flexibility index (Phi) is 7.65. The fourth-order valence-electron chi connectivity index (χ4n) is 4.20. The summed E-state index contributed by atoms with van der Waals surface area (Å²) < 4.78 is 34.5. The predicted octanol–water partition coefficient (Wildman–Crippen LogP) is 4.85. The topological polar surface area (TPSA) is 97.4 Å². The van der Waals surface area contributed by atoms with Gasteiger partial charge in [-0.3, -0.25) is 10.1 Å². The van der Waals surface area contributed by atoms with E-state index in [9.17, 15) is 13.2 Å². The summed E-state index contributed by atoms with van der Waals surface area (Å²) in [6.07, 6.45) is 6.38. The Labute approximate surface area is 204 Å². The maximum Gasteiger partial charge on any atom is 0.257 e. The average Bonchev–Trinajstić information content (AvgIpc) is 3.27. The number of hydrogen-bond donors (Lipinski definition) is 2. The van der Waals surface area contributed by atoms with Crippen LogP contribution in [0.5, 0.6) is 5.75 Å². The number of carbonyl (C=O) groups is 1. The van der Waals surface area contributed by atoms with Gasteiger partial charge in [0, 0.05) is 29.1 Å². The van der Waals surface area contributed by atoms with Gasteiger partial charge in [-0.25, -0.2) is 18.1 Å². The molecule has 2 aromatic carbocycles. The number of sulfonamides is 1. The van der Waals surface area contributed by atoms with Gasteiger partial charge in [-0.05, 0) is 42.5 Å². The fraction of sp³-hybridized carbons (Fsp3) is 0.360. The quantitative estimate of drug-likeness (QED) is 0.462. The van der Waals surface area contributed by atoms with E-state index in [0.29, 0.717) is 5.13 Å². The van der Waals surface area contributed by atoms with E-state index in [4.69, 9.17) is 4.74 Å². The Hall–Kier alpha value is -2.75. The summed E-state index contributed by atoms with van der Waals surface area (Å²) in [5, 5.41) is 3.24. The second kappa shape index (κ2) is 10.7. The number of methoxy groups -OCH3 is 1. The fourth-order valence-corrected chi connectivity index (χ4v) is 6.61. The molecule has 1 amide bonds. The zero-order chi connectivity index (χ0) is 24.1. The molecule has 0 radical (unpaired) electrons. The van der Waals surface area contributed by atoms with Crippen LogP contribution in [-0.4, -0.2) is 32.5 Å². The summed E-state index contributed by atoms with van der Waals surface area (Å²) in [6, 6.07) is 14.3. The van der Waals surface area contributed by atoms with E-state index in [1.807, 2.05) is 30.3 Å². The highest BCUT2D eigenvalue weighted by Gasteiger charge is 2.29. The second-order valence-corrected chi connectivity index (χ2v) is 11.4. The van der Waals surface area contributed by atoms with Crippen molar-refractivity contribution < 1.29 is 17.9 Å². The lowest BCUT2D eigenvalue weighted by Crippen LogP contribution is -2.41. The number of carbonyl (C=O) groups excluding carboxylic acids is 1. The molecule has 1 fully saturated rings. The van der Waals surface area contributed by atoms with E-state index in [-0.39, 0.29) is 28.2 Å². The molecule has 7 nitrogen and oxygen atoms in total. The van der Waals surface area contributed by atoms with Crippen LogP contribution in [0.2, 0.25) is 0 Å². The molecule has 4 rings (SSSR count). The average molecular weight is 500 g/mol. The number of aromatic nitrogens is 1. The van der Waals surface area contributed by atoms with Gasteiger partial charge in [-0.15, -0.1) is 11.3 Å². The van der Waals surface area contributed by atoms with Crippen LogP contribution in [-0.2, 0) is 16.4 Å². The molecular weight excluding hydrogens is 470 g/mol. The second-order valence-electron chi connectivity index (χ2n) is 8.60. The minimum absolute atomic E-state index is 0.0377. The summed E-state index contributed by atoms with van der Waals surface area (Å²) in [5.74, 6) is 0.0358. The Bertz CT molecular complexity index is 1240. The number of thiazole rings is 1. The molecule has 1 aliphatic rings. The van der Waals surface area contributed by atoms with Crippen molar-refractivity contribution >= 4 is 32.4 Å². The smallest absolute Gasteiger partial charge is 0.257 e. The number of nitrogens with one attached hydrogen (secondary N) is 2. The van der Waals surface area contributed by atoms with E-state index in [1.165, 1.54) is 30.6 Å². The Morgan fingerprint density at radius 3 is 2.65 bits per heavy atom. The van der Waals surface area contributed by atoms with Gasteiger partial charge in [0.1, 0.15) is 10.6 Å². The van der Waals surface area contributed by atoms with E-state index in [2.05, 4.69) is 21.9 Å². The van der Waals surface area contributed by atoms with Gasteiger partial charge in [0.05, 0.1) is 7.11 Å². The largest absolute Gasteiger partial charge is 0.495 e. The molecule has 34 heavy (non-hydrogen) atoms. The SMILES string of the molecule is COc1ccc(C(=O)Nc2ncc(Cc3ccccc3)s2)cc1S(=O)(=O)NC1CCCCC1C. The van der Waals surface area contributed by atoms with Gasteiger partial charge in [0.2, 0.25) is 10.0 Å². The molecule has 9 heteroatoms. The normalized spacial score (nSPS) is 18.4. The Morgan fingerprint density at radius 2 is 1.91 bits per heavy atom. The first-order valence-corrected chi connectivity index (χ1v) is 13.7. The van der Waals surface area contributed by atoms with Gasteiger partial charge in [-0.1, -0.05) is 50.1 Å². The lowest BCUT2D eigenvalue weighted by atomic mass is 9.87. The number of amides is 1. The van der Waals surface area contributed by atoms with Crippen LogP contribution in [0.25, 0.3) is 0 Å². The molecule has 0 spiro atoms. The standard InChI is InChI=1S/C25H29N3O4S2/c1-17-8-6-7-11-21(17)28-34(30,31)23-15-19(12-13-22(23)32-2)24(29)27-25-26-16-20(33-25)14-18-9-4-3-5-10-18/h3-5,9-10,12-13,15-17,21,28H,6-8,11,14H2,1-2H3,(H,26,27,29). The molecule has 180 valence electrons. The van der Waals surface area contributed by atoms with Crippen molar-refractivity contribution in [2.45, 2.75) is 50.0 Å². The number of nitrogens with zero attached hydrogens (tertiary/aromatic N) is 1. The molecule has 1 saturated carbocycles. The first kappa shape index (κ1) is 24.4. The van der Waals surface area contributed by atoms with Crippen LogP contribution in [0.1, 0.15) is 53.4 Å². The van der Waals surface area contributed by atoms with E-state index in [1.54, 1.807) is 12.3 Å². The third kappa shape index (κ3) is 5.84. The van der Waals surface area contributed by atoms with Crippen LogP contribution in [0, 0.1) is 5.92 Å². The predicted molar refractivity (Wildman–Crippen MR) is 134 cm³/mol. The molecule has 2 atom stereocenters. The van der Waals surface area contributed by atoms with Crippen LogP contribution in [0.3, 0.4) is 0 Å². The van der Waals surface area contributed by atoms with Gasteiger partial charge < -0.3 is 4.74 Å². The molecule has 2 unspecified atom stereocenters. The van der Waals surface area contributed by atoms with Crippen molar-refractivity contribution in [3.8, 4) is 5.75 Å². The number of hydrogen-bond acceptors (Lipinski definition) is 6. The maximum absolute atomic E-state index is 13.2. The lowest BCUT2D eigenvalue weighted by Gasteiger charge is -2.29. The van der Waals surface area contributed by atoms with Crippen LogP contribution in [0.4, 0.5) is 5.13 Å². The third-order valence-electron chi connectivity index (χ3n) is 6.13. The Morgan fingerprint density at radius 1 is 1.15 bits per heavy atom. The third-order valence-corrected chi connectivity index (χ3v) is 8.55. The first-order chi connectivity index (χ1) is 16.4. The molecule has 1 aliphatic carbocycles. The highest BCUT2D eigenvalue weighted by molar-refractivity contribution is 7.89. The summed E-state index contributed by atoms with van der Waals surface area (Å²) in [7, 11) is -2.45. The lowest BCUT2D eigenvalue weighted by molar-refractivity contribution is 0.102. The molecule has 3 aromatic rings. The highest BCUT2D eigenvalue weighted by Crippen LogP contribution is 2.29. The van der Waals surface area contributed by atoms with E-state index < -0.39 is 15.9 Å². The van der Waals surface area contributed by atoms with Crippen molar-refractivity contribution in [1.29, 1.82) is 0 Å². The van der Waals surface area contributed by atoms with Gasteiger partial charge in [-0.2, -0.15) is 0 Å². The van der Waals surface area contributed by atoms with Crippen molar-refractivity contribution in [2.24, 2.45) is 5.92 Å². The maximum atomic E-state index is 13.2. The Balaban J connectivity index is 1.50. The van der Waals surface area contributed by atoms with Crippen molar-refractivity contribution in [3.63, 3.8) is 0 Å². The number of benzene rings is 2. The van der Waals surface area contributed by atoms with Crippen LogP contribution in [0.15, 0.2) is 59.6 Å². The van der Waals surface area contributed by atoms with Crippen molar-refractivity contribution in [3.05, 3.63) is 70.7 Å². The minimum atomic E-state index is -3.86. The summed E-state index contributed by atoms with van der Waals surface area (Å²) >= 11 is 1.39. The number of ether oxygens (including phenoxy) is 1. The number of anilines is 1.